The van der Waals surface area contributed by atoms with Gasteiger partial charge in [0.25, 0.3) is 5.91 Å². The van der Waals surface area contributed by atoms with Gasteiger partial charge in [0.2, 0.25) is 0 Å². The zero-order valence-electron chi connectivity index (χ0n) is 15.0. The number of hydrogen-bond donors (Lipinski definition) is 2. The lowest BCUT2D eigenvalue weighted by molar-refractivity contribution is -0.729. The molecule has 7 heteroatoms. The van der Waals surface area contributed by atoms with E-state index < -0.39 is 9.84 Å². The van der Waals surface area contributed by atoms with Crippen molar-refractivity contribution in [3.05, 3.63) is 23.2 Å². The zero-order chi connectivity index (χ0) is 18.5. The second kappa shape index (κ2) is 6.50. The average molecular weight is 398 g/mol. The summed E-state index contributed by atoms with van der Waals surface area (Å²) in [7, 11) is -3.34. The Morgan fingerprint density at radius 2 is 1.77 bits per heavy atom. The van der Waals surface area contributed by atoms with Gasteiger partial charge in [0, 0.05) is 25.5 Å². The van der Waals surface area contributed by atoms with E-state index in [1.165, 1.54) is 56.7 Å². The fourth-order valence-electron chi connectivity index (χ4n) is 5.77. The largest absolute Gasteiger partial charge is 0.334 e. The van der Waals surface area contributed by atoms with E-state index in [1.54, 1.807) is 0 Å². The van der Waals surface area contributed by atoms with Gasteiger partial charge in [-0.25, -0.2) is 8.42 Å². The van der Waals surface area contributed by atoms with Crippen molar-refractivity contribution >= 4 is 33.0 Å². The molecule has 4 bridgehead atoms. The first-order chi connectivity index (χ1) is 12.2. The molecule has 0 heterocycles. The second-order valence-corrected chi connectivity index (χ2v) is 11.1. The highest BCUT2D eigenvalue weighted by Gasteiger charge is 2.53. The van der Waals surface area contributed by atoms with Gasteiger partial charge in [-0.2, -0.15) is 0 Å². The lowest BCUT2D eigenvalue weighted by atomic mass is 9.53. The van der Waals surface area contributed by atoms with Gasteiger partial charge >= 0.3 is 0 Å². The monoisotopic (exact) mass is 397 g/mol. The van der Waals surface area contributed by atoms with E-state index in [0.717, 1.165) is 24.0 Å². The molecule has 4 saturated carbocycles. The van der Waals surface area contributed by atoms with Gasteiger partial charge in [0.1, 0.15) is 0 Å². The second-order valence-electron chi connectivity index (χ2n) is 8.65. The molecular weight excluding hydrogens is 372 g/mol. The van der Waals surface area contributed by atoms with E-state index >= 15 is 0 Å². The molecule has 142 valence electrons. The average Bonchev–Trinajstić information content (AvgIpc) is 2.53. The maximum Gasteiger partial charge on any atom is 0.279 e. The number of nitrogens with two attached hydrogens (primary N) is 1. The van der Waals surface area contributed by atoms with Crippen LogP contribution in [-0.4, -0.2) is 32.7 Å². The molecule has 3 N–H and O–H groups in total. The Balaban J connectivity index is 1.41. The van der Waals surface area contributed by atoms with E-state index in [2.05, 4.69) is 10.6 Å². The highest BCUT2D eigenvalue weighted by atomic mass is 35.5. The molecule has 0 atom stereocenters. The summed E-state index contributed by atoms with van der Waals surface area (Å²) in [5.74, 6) is 2.41. The Labute approximate surface area is 159 Å². The summed E-state index contributed by atoms with van der Waals surface area (Å²) < 4.78 is 23.4. The minimum atomic E-state index is -3.34. The van der Waals surface area contributed by atoms with Crippen LogP contribution in [0.1, 0.15) is 38.5 Å². The first-order valence-corrected chi connectivity index (χ1v) is 11.6. The lowest BCUT2D eigenvalue weighted by Crippen LogP contribution is -3.00. The summed E-state index contributed by atoms with van der Waals surface area (Å²) in [6.07, 6.45) is 8.99. The molecule has 5 nitrogen and oxygen atoms in total. The lowest BCUT2D eigenvalue weighted by Gasteiger charge is -2.54. The van der Waals surface area contributed by atoms with Crippen molar-refractivity contribution < 1.29 is 18.5 Å². The van der Waals surface area contributed by atoms with Gasteiger partial charge in [-0.1, -0.05) is 11.6 Å². The van der Waals surface area contributed by atoms with Crippen molar-refractivity contribution in [2.24, 2.45) is 17.8 Å². The number of quaternary nitrogens is 1. The highest BCUT2D eigenvalue weighted by molar-refractivity contribution is 7.90. The number of sulfone groups is 1. The number of carbonyl (C=O) groups is 1. The molecular formula is C19H26ClN2O3S+. The maximum atomic E-state index is 12.5. The molecule has 0 radical (unpaired) electrons. The predicted molar refractivity (Wildman–Crippen MR) is 101 cm³/mol. The van der Waals surface area contributed by atoms with Crippen LogP contribution in [0.25, 0.3) is 0 Å². The minimum absolute atomic E-state index is 0.131. The van der Waals surface area contributed by atoms with Gasteiger partial charge in [0.05, 0.1) is 21.1 Å². The van der Waals surface area contributed by atoms with E-state index in [4.69, 9.17) is 11.6 Å². The number of halogens is 1. The minimum Gasteiger partial charge on any atom is -0.334 e. The molecule has 0 spiro atoms. The molecule has 1 aromatic rings. The molecule has 0 aliphatic heterocycles. The molecule has 0 unspecified atom stereocenters. The summed E-state index contributed by atoms with van der Waals surface area (Å²) in [5, 5.41) is 5.37. The maximum absolute atomic E-state index is 12.5. The van der Waals surface area contributed by atoms with E-state index in [1.807, 2.05) is 0 Å². The Morgan fingerprint density at radius 1 is 1.19 bits per heavy atom. The quantitative estimate of drug-likeness (QED) is 0.799. The predicted octanol–water partition coefficient (Wildman–Crippen LogP) is 2.21. The Kier molecular flexibility index (Phi) is 4.56. The summed E-state index contributed by atoms with van der Waals surface area (Å²) >= 11 is 6.13. The van der Waals surface area contributed by atoms with E-state index in [0.29, 0.717) is 17.3 Å². The zero-order valence-corrected chi connectivity index (χ0v) is 16.6. The summed E-state index contributed by atoms with van der Waals surface area (Å²) in [5.41, 5.74) is 0.600. The number of amides is 1. The van der Waals surface area contributed by atoms with Crippen molar-refractivity contribution in [1.29, 1.82) is 0 Å². The molecule has 5 rings (SSSR count). The van der Waals surface area contributed by atoms with Crippen LogP contribution in [0.4, 0.5) is 5.69 Å². The molecule has 4 aliphatic carbocycles. The van der Waals surface area contributed by atoms with Crippen LogP contribution in [-0.2, 0) is 14.6 Å². The van der Waals surface area contributed by atoms with Crippen LogP contribution in [0.5, 0.6) is 0 Å². The van der Waals surface area contributed by atoms with Crippen molar-refractivity contribution in [2.75, 3.05) is 18.1 Å². The number of benzene rings is 1. The van der Waals surface area contributed by atoms with Crippen LogP contribution in [0.3, 0.4) is 0 Å². The molecule has 0 aromatic heterocycles. The van der Waals surface area contributed by atoms with Crippen LogP contribution < -0.4 is 10.6 Å². The molecule has 1 amide bonds. The van der Waals surface area contributed by atoms with Gasteiger partial charge < -0.3 is 10.6 Å². The first kappa shape index (κ1) is 18.3. The normalized spacial score (nSPS) is 32.6. The van der Waals surface area contributed by atoms with Crippen molar-refractivity contribution in [3.63, 3.8) is 0 Å². The van der Waals surface area contributed by atoms with Gasteiger partial charge in [-0.3, -0.25) is 4.79 Å². The van der Waals surface area contributed by atoms with Crippen LogP contribution >= 0.6 is 11.6 Å². The van der Waals surface area contributed by atoms with Gasteiger partial charge in [0.15, 0.2) is 16.4 Å². The third kappa shape index (κ3) is 3.64. The standard InChI is InChI=1S/C19H25ClN2O3S/c1-26(24,25)15-2-3-16(20)17(7-15)22-18(23)11-21-19-8-12-4-13(9-19)6-14(5-12)10-19/h2-3,7,12-14,21H,4-6,8-11H2,1H3,(H,22,23)/p+1. The summed E-state index contributed by atoms with van der Waals surface area (Å²) in [6, 6.07) is 4.39. The highest BCUT2D eigenvalue weighted by Crippen LogP contribution is 2.54. The molecule has 4 fully saturated rings. The van der Waals surface area contributed by atoms with Gasteiger partial charge in [-0.05, 0) is 55.2 Å². The van der Waals surface area contributed by atoms with E-state index in [-0.39, 0.29) is 16.3 Å². The fraction of sp³-hybridized carbons (Fsp3) is 0.632. The fourth-order valence-corrected chi connectivity index (χ4v) is 6.58. The Hall–Kier alpha value is -1.11. The van der Waals surface area contributed by atoms with Crippen LogP contribution in [0.2, 0.25) is 5.02 Å². The number of hydrogen-bond acceptors (Lipinski definition) is 3. The van der Waals surface area contributed by atoms with Crippen LogP contribution in [0.15, 0.2) is 23.1 Å². The molecule has 0 saturated heterocycles. The van der Waals surface area contributed by atoms with Crippen molar-refractivity contribution in [2.45, 2.75) is 49.0 Å². The van der Waals surface area contributed by atoms with Crippen molar-refractivity contribution in [3.8, 4) is 0 Å². The first-order valence-electron chi connectivity index (χ1n) is 9.36. The van der Waals surface area contributed by atoms with Gasteiger partial charge in [-0.15, -0.1) is 0 Å². The van der Waals surface area contributed by atoms with Crippen molar-refractivity contribution in [1.82, 2.24) is 0 Å². The summed E-state index contributed by atoms with van der Waals surface area (Å²) in [4.78, 5) is 12.6. The van der Waals surface area contributed by atoms with Crippen LogP contribution in [0, 0.1) is 17.8 Å². The third-order valence-electron chi connectivity index (χ3n) is 6.45. The third-order valence-corrected chi connectivity index (χ3v) is 7.89. The Morgan fingerprint density at radius 3 is 2.31 bits per heavy atom. The number of nitrogens with one attached hydrogen (secondary N) is 1. The molecule has 4 aliphatic rings. The SMILES string of the molecule is CS(=O)(=O)c1ccc(Cl)c(NC(=O)C[NH2+]C23CC4CC(CC(C4)C2)C3)c1. The molecule has 1 aromatic carbocycles. The van der Waals surface area contributed by atoms with E-state index in [9.17, 15) is 13.2 Å². The summed E-state index contributed by atoms with van der Waals surface area (Å²) in [6.45, 7) is 0.353. The Bertz CT molecular complexity index is 802. The topological polar surface area (TPSA) is 79.8 Å². The smallest absolute Gasteiger partial charge is 0.279 e. The number of anilines is 1. The number of rotatable bonds is 5. The molecule has 26 heavy (non-hydrogen) atoms. The number of carbonyl (C=O) groups excluding carboxylic acids is 1.